The van der Waals surface area contributed by atoms with Gasteiger partial charge in [-0.25, -0.2) is 14.6 Å². The lowest BCUT2D eigenvalue weighted by molar-refractivity contribution is 0.0587. The summed E-state index contributed by atoms with van der Waals surface area (Å²) in [5.74, 6) is 0.344. The molecular formula is C13H17N5O3. The quantitative estimate of drug-likeness (QED) is 0.732. The number of carbonyl (C=O) groups is 1. The van der Waals surface area contributed by atoms with Crippen molar-refractivity contribution in [1.82, 2.24) is 25.1 Å². The average Bonchev–Trinajstić information content (AvgIpc) is 3.02. The van der Waals surface area contributed by atoms with Gasteiger partial charge >= 0.3 is 0 Å². The number of aliphatic hydroxyl groups excluding tert-OH is 1. The van der Waals surface area contributed by atoms with E-state index in [0.717, 1.165) is 0 Å². The Bertz CT molecular complexity index is 556. The second kappa shape index (κ2) is 7.46. The second-order valence-corrected chi connectivity index (χ2v) is 4.40. The topological polar surface area (TPSA) is 102 Å². The van der Waals surface area contributed by atoms with Gasteiger partial charge in [-0.05, 0) is 18.6 Å². The van der Waals surface area contributed by atoms with Crippen molar-refractivity contribution >= 4 is 5.91 Å². The molecule has 2 N–H and O–H groups in total. The van der Waals surface area contributed by atoms with Crippen LogP contribution in [-0.4, -0.2) is 57.1 Å². The van der Waals surface area contributed by atoms with Crippen LogP contribution in [0.15, 0.2) is 31.0 Å². The van der Waals surface area contributed by atoms with Crippen LogP contribution in [0.25, 0.3) is 5.82 Å². The third-order valence-electron chi connectivity index (χ3n) is 2.79. The second-order valence-electron chi connectivity index (χ2n) is 4.40. The minimum absolute atomic E-state index is 0.239. The third-order valence-corrected chi connectivity index (χ3v) is 2.79. The third kappa shape index (κ3) is 4.33. The largest absolute Gasteiger partial charge is 0.391 e. The maximum atomic E-state index is 11.9. The Kier molecular flexibility index (Phi) is 5.35. The van der Waals surface area contributed by atoms with Crippen LogP contribution >= 0.6 is 0 Å². The molecule has 8 nitrogen and oxygen atoms in total. The molecule has 8 heteroatoms. The maximum Gasteiger partial charge on any atom is 0.252 e. The predicted octanol–water partition coefficient (Wildman–Crippen LogP) is -0.211. The first-order chi connectivity index (χ1) is 10.2. The zero-order chi connectivity index (χ0) is 15.1. The Morgan fingerprint density at radius 3 is 3.00 bits per heavy atom. The monoisotopic (exact) mass is 291 g/mol. The zero-order valence-corrected chi connectivity index (χ0v) is 11.6. The van der Waals surface area contributed by atoms with E-state index in [4.69, 9.17) is 4.74 Å². The molecule has 2 rings (SSSR count). The molecular weight excluding hydrogens is 274 g/mol. The average molecular weight is 291 g/mol. The van der Waals surface area contributed by atoms with Crippen LogP contribution in [0.1, 0.15) is 16.8 Å². The van der Waals surface area contributed by atoms with Crippen molar-refractivity contribution in [3.8, 4) is 5.82 Å². The van der Waals surface area contributed by atoms with Gasteiger partial charge < -0.3 is 15.2 Å². The van der Waals surface area contributed by atoms with Crippen LogP contribution in [-0.2, 0) is 4.74 Å². The number of carbonyl (C=O) groups excluding carboxylic acids is 1. The summed E-state index contributed by atoms with van der Waals surface area (Å²) in [5, 5.41) is 16.1. The van der Waals surface area contributed by atoms with Crippen LogP contribution in [0.5, 0.6) is 0 Å². The molecule has 0 spiro atoms. The van der Waals surface area contributed by atoms with Gasteiger partial charge in [-0.15, -0.1) is 0 Å². The normalized spacial score (nSPS) is 12.1. The SMILES string of the molecule is COCC(O)CCNC(=O)c1ccc(-n2cncn2)nc1. The highest BCUT2D eigenvalue weighted by Crippen LogP contribution is 2.04. The number of hydrogen-bond donors (Lipinski definition) is 2. The maximum absolute atomic E-state index is 11.9. The van der Waals surface area contributed by atoms with Crippen LogP contribution in [0.3, 0.4) is 0 Å². The van der Waals surface area contributed by atoms with Gasteiger partial charge in [0.2, 0.25) is 0 Å². The molecule has 0 aromatic carbocycles. The lowest BCUT2D eigenvalue weighted by atomic mass is 10.2. The summed E-state index contributed by atoms with van der Waals surface area (Å²) < 4.78 is 6.31. The summed E-state index contributed by atoms with van der Waals surface area (Å²) in [6.45, 7) is 0.623. The van der Waals surface area contributed by atoms with E-state index in [0.29, 0.717) is 24.3 Å². The van der Waals surface area contributed by atoms with E-state index < -0.39 is 6.10 Å². The number of ether oxygens (including phenoxy) is 1. The van der Waals surface area contributed by atoms with Crippen LogP contribution in [0, 0.1) is 0 Å². The molecule has 0 aliphatic heterocycles. The molecule has 0 aliphatic rings. The molecule has 112 valence electrons. The van der Waals surface area contributed by atoms with Crippen molar-refractivity contribution in [2.45, 2.75) is 12.5 Å². The van der Waals surface area contributed by atoms with Gasteiger partial charge in [0.25, 0.3) is 5.91 Å². The number of nitrogens with one attached hydrogen (secondary N) is 1. The molecule has 1 unspecified atom stereocenters. The summed E-state index contributed by atoms with van der Waals surface area (Å²) in [6, 6.07) is 3.34. The number of nitrogens with zero attached hydrogens (tertiary/aromatic N) is 4. The van der Waals surface area contributed by atoms with Crippen molar-refractivity contribution in [3.63, 3.8) is 0 Å². The van der Waals surface area contributed by atoms with Gasteiger partial charge in [0, 0.05) is 19.9 Å². The van der Waals surface area contributed by atoms with E-state index in [1.54, 1.807) is 12.1 Å². The van der Waals surface area contributed by atoms with E-state index in [-0.39, 0.29) is 12.5 Å². The minimum atomic E-state index is -0.580. The molecule has 1 atom stereocenters. The number of aliphatic hydroxyl groups is 1. The molecule has 2 heterocycles. The standard InChI is InChI=1S/C13H17N5O3/c1-21-7-11(19)4-5-15-13(20)10-2-3-12(16-6-10)18-9-14-8-17-18/h2-3,6,8-9,11,19H,4-5,7H2,1H3,(H,15,20). The first-order valence-corrected chi connectivity index (χ1v) is 6.47. The highest BCUT2D eigenvalue weighted by molar-refractivity contribution is 5.93. The number of amides is 1. The van der Waals surface area contributed by atoms with Gasteiger partial charge in [-0.2, -0.15) is 5.10 Å². The number of pyridine rings is 1. The van der Waals surface area contributed by atoms with Crippen LogP contribution in [0.2, 0.25) is 0 Å². The highest BCUT2D eigenvalue weighted by atomic mass is 16.5. The number of aromatic nitrogens is 4. The van der Waals surface area contributed by atoms with Crippen molar-refractivity contribution in [1.29, 1.82) is 0 Å². The van der Waals surface area contributed by atoms with Gasteiger partial charge in [-0.3, -0.25) is 4.79 Å². The molecule has 0 aliphatic carbocycles. The smallest absolute Gasteiger partial charge is 0.252 e. The minimum Gasteiger partial charge on any atom is -0.391 e. The lowest BCUT2D eigenvalue weighted by Crippen LogP contribution is -2.28. The number of methoxy groups -OCH3 is 1. The van der Waals surface area contributed by atoms with E-state index in [1.165, 1.54) is 30.6 Å². The molecule has 1 amide bonds. The van der Waals surface area contributed by atoms with Gasteiger partial charge in [0.15, 0.2) is 5.82 Å². The Morgan fingerprint density at radius 1 is 1.52 bits per heavy atom. The molecule has 0 bridgehead atoms. The fraction of sp³-hybridized carbons (Fsp3) is 0.385. The van der Waals surface area contributed by atoms with E-state index >= 15 is 0 Å². The van der Waals surface area contributed by atoms with E-state index in [9.17, 15) is 9.90 Å². The van der Waals surface area contributed by atoms with Crippen molar-refractivity contribution < 1.29 is 14.6 Å². The van der Waals surface area contributed by atoms with Crippen LogP contribution in [0.4, 0.5) is 0 Å². The highest BCUT2D eigenvalue weighted by Gasteiger charge is 2.08. The van der Waals surface area contributed by atoms with Crippen molar-refractivity contribution in [2.75, 3.05) is 20.3 Å². The Balaban J connectivity index is 1.85. The first kappa shape index (κ1) is 15.1. The summed E-state index contributed by atoms with van der Waals surface area (Å²) in [6.07, 6.45) is 4.26. The molecule has 2 aromatic heterocycles. The van der Waals surface area contributed by atoms with Crippen LogP contribution < -0.4 is 5.32 Å². The Labute approximate surface area is 121 Å². The zero-order valence-electron chi connectivity index (χ0n) is 11.6. The molecule has 2 aromatic rings. The predicted molar refractivity (Wildman–Crippen MR) is 74.0 cm³/mol. The van der Waals surface area contributed by atoms with Gasteiger partial charge in [0.05, 0.1) is 18.3 Å². The lowest BCUT2D eigenvalue weighted by Gasteiger charge is -2.10. The molecule has 0 saturated carbocycles. The first-order valence-electron chi connectivity index (χ1n) is 6.47. The Morgan fingerprint density at radius 2 is 2.38 bits per heavy atom. The van der Waals surface area contributed by atoms with E-state index in [2.05, 4.69) is 20.4 Å². The summed E-state index contributed by atoms with van der Waals surface area (Å²) >= 11 is 0. The molecule has 21 heavy (non-hydrogen) atoms. The number of hydrogen-bond acceptors (Lipinski definition) is 6. The van der Waals surface area contributed by atoms with Gasteiger partial charge in [0.1, 0.15) is 12.7 Å². The Hall–Kier alpha value is -2.32. The fourth-order valence-corrected chi connectivity index (χ4v) is 1.71. The molecule has 0 fully saturated rings. The summed E-state index contributed by atoms with van der Waals surface area (Å²) in [7, 11) is 1.52. The molecule has 0 saturated heterocycles. The molecule has 0 radical (unpaired) electrons. The van der Waals surface area contributed by atoms with Crippen molar-refractivity contribution in [3.05, 3.63) is 36.5 Å². The summed E-state index contributed by atoms with van der Waals surface area (Å²) in [4.78, 5) is 19.9. The van der Waals surface area contributed by atoms with Crippen molar-refractivity contribution in [2.24, 2.45) is 0 Å². The summed E-state index contributed by atoms with van der Waals surface area (Å²) in [5.41, 5.74) is 0.445. The van der Waals surface area contributed by atoms with Gasteiger partial charge in [-0.1, -0.05) is 0 Å². The fourth-order valence-electron chi connectivity index (χ4n) is 1.71. The number of rotatable bonds is 7. The van der Waals surface area contributed by atoms with E-state index in [1.807, 2.05) is 0 Å².